The minimum absolute atomic E-state index is 0.874. The predicted molar refractivity (Wildman–Crippen MR) is 64.2 cm³/mol. The van der Waals surface area contributed by atoms with Gasteiger partial charge in [-0.3, -0.25) is 0 Å². The summed E-state index contributed by atoms with van der Waals surface area (Å²) in [5, 5.41) is 0. The van der Waals surface area contributed by atoms with Gasteiger partial charge in [0.1, 0.15) is 0 Å². The van der Waals surface area contributed by atoms with E-state index in [2.05, 4.69) is 29.0 Å². The summed E-state index contributed by atoms with van der Waals surface area (Å²) < 4.78 is 0. The average Bonchev–Trinajstić information content (AvgIpc) is 2.79. The molecule has 1 aliphatic carbocycles. The fourth-order valence-electron chi connectivity index (χ4n) is 2.34. The summed E-state index contributed by atoms with van der Waals surface area (Å²) in [6.07, 6.45) is 3.48. The zero-order valence-electron chi connectivity index (χ0n) is 9.40. The van der Waals surface area contributed by atoms with Crippen LogP contribution in [0.25, 0.3) is 11.4 Å². The molecule has 0 bridgehead atoms. The first-order valence-corrected chi connectivity index (χ1v) is 5.76. The minimum atomic E-state index is 0.874. The maximum atomic E-state index is 4.67. The van der Waals surface area contributed by atoms with Crippen molar-refractivity contribution >= 4 is 0 Å². The van der Waals surface area contributed by atoms with E-state index in [0.29, 0.717) is 0 Å². The Kier molecular flexibility index (Phi) is 2.21. The van der Waals surface area contributed by atoms with E-state index in [1.807, 2.05) is 18.2 Å². The predicted octanol–water partition coefficient (Wildman–Crippen LogP) is 2.94. The Hall–Kier alpha value is -1.70. The molecule has 0 unspecified atom stereocenters. The summed E-state index contributed by atoms with van der Waals surface area (Å²) >= 11 is 0. The van der Waals surface area contributed by atoms with Gasteiger partial charge in [0, 0.05) is 17.0 Å². The molecule has 1 heterocycles. The zero-order valence-corrected chi connectivity index (χ0v) is 9.40. The van der Waals surface area contributed by atoms with E-state index >= 15 is 0 Å². The maximum absolute atomic E-state index is 4.67. The molecule has 0 aliphatic heterocycles. The number of benzene rings is 1. The Balaban J connectivity index is 2.13. The van der Waals surface area contributed by atoms with Gasteiger partial charge in [-0.15, -0.1) is 0 Å². The van der Waals surface area contributed by atoms with E-state index < -0.39 is 0 Å². The Morgan fingerprint density at radius 1 is 1.00 bits per heavy atom. The van der Waals surface area contributed by atoms with Gasteiger partial charge in [-0.2, -0.15) is 0 Å². The first-order chi connectivity index (χ1) is 7.84. The third kappa shape index (κ3) is 1.51. The molecule has 0 N–H and O–H groups in total. The average molecular weight is 210 g/mol. The van der Waals surface area contributed by atoms with Crippen molar-refractivity contribution in [3.05, 3.63) is 47.3 Å². The lowest BCUT2D eigenvalue weighted by atomic mass is 10.1. The fraction of sp³-hybridized carbons (Fsp3) is 0.286. The number of hydrogen-bond donors (Lipinski definition) is 0. The van der Waals surface area contributed by atoms with Crippen LogP contribution in [0.15, 0.2) is 30.3 Å². The van der Waals surface area contributed by atoms with Crippen LogP contribution in [0.3, 0.4) is 0 Å². The highest BCUT2D eigenvalue weighted by Gasteiger charge is 2.17. The van der Waals surface area contributed by atoms with Crippen molar-refractivity contribution < 1.29 is 0 Å². The lowest BCUT2D eigenvalue weighted by molar-refractivity contribution is 0.899. The summed E-state index contributed by atoms with van der Waals surface area (Å²) in [6.45, 7) is 2.10. The normalized spacial score (nSPS) is 13.8. The molecule has 0 spiro atoms. The van der Waals surface area contributed by atoms with E-state index in [4.69, 9.17) is 0 Å². The molecule has 0 saturated carbocycles. The van der Waals surface area contributed by atoms with Crippen LogP contribution >= 0.6 is 0 Å². The largest absolute Gasteiger partial charge is 0.233 e. The standard InChI is InChI=1S/C14H14N2/c1-10-12-8-5-9-13(12)16-14(15-10)11-6-3-2-4-7-11/h2-4,6-7H,5,8-9H2,1H3. The molecule has 80 valence electrons. The second-order valence-electron chi connectivity index (χ2n) is 4.28. The highest BCUT2D eigenvalue weighted by atomic mass is 14.9. The number of hydrogen-bond acceptors (Lipinski definition) is 2. The molecule has 1 aromatic heterocycles. The third-order valence-electron chi connectivity index (χ3n) is 3.17. The van der Waals surface area contributed by atoms with Crippen molar-refractivity contribution in [3.63, 3.8) is 0 Å². The van der Waals surface area contributed by atoms with E-state index in [-0.39, 0.29) is 0 Å². The molecule has 2 aromatic rings. The molecule has 0 amide bonds. The van der Waals surface area contributed by atoms with Gasteiger partial charge in [-0.25, -0.2) is 9.97 Å². The van der Waals surface area contributed by atoms with Crippen LogP contribution in [0.2, 0.25) is 0 Å². The van der Waals surface area contributed by atoms with Crippen LogP contribution in [0, 0.1) is 6.92 Å². The van der Waals surface area contributed by atoms with Gasteiger partial charge in [0.05, 0.1) is 0 Å². The number of rotatable bonds is 1. The maximum Gasteiger partial charge on any atom is 0.159 e. The van der Waals surface area contributed by atoms with Crippen LogP contribution in [0.4, 0.5) is 0 Å². The van der Waals surface area contributed by atoms with Crippen molar-refractivity contribution in [1.29, 1.82) is 0 Å². The van der Waals surface area contributed by atoms with E-state index in [1.54, 1.807) is 0 Å². The van der Waals surface area contributed by atoms with Crippen molar-refractivity contribution in [2.45, 2.75) is 26.2 Å². The molecule has 3 rings (SSSR count). The Labute approximate surface area is 95.4 Å². The van der Waals surface area contributed by atoms with Gasteiger partial charge in [0.25, 0.3) is 0 Å². The van der Waals surface area contributed by atoms with Gasteiger partial charge >= 0.3 is 0 Å². The van der Waals surface area contributed by atoms with E-state index in [0.717, 1.165) is 29.9 Å². The first-order valence-electron chi connectivity index (χ1n) is 5.76. The summed E-state index contributed by atoms with van der Waals surface area (Å²) in [6, 6.07) is 10.2. The Morgan fingerprint density at radius 3 is 2.62 bits per heavy atom. The lowest BCUT2D eigenvalue weighted by Crippen LogP contribution is -1.99. The molecule has 2 nitrogen and oxygen atoms in total. The van der Waals surface area contributed by atoms with Crippen molar-refractivity contribution in [1.82, 2.24) is 9.97 Å². The summed E-state index contributed by atoms with van der Waals surface area (Å²) in [5.74, 6) is 0.874. The van der Waals surface area contributed by atoms with Crippen LogP contribution in [-0.2, 0) is 12.8 Å². The summed E-state index contributed by atoms with van der Waals surface area (Å²) in [5.41, 5.74) is 4.90. The van der Waals surface area contributed by atoms with E-state index in [1.165, 1.54) is 17.7 Å². The molecule has 0 fully saturated rings. The molecular formula is C14H14N2. The molecular weight excluding hydrogens is 196 g/mol. The molecule has 0 atom stereocenters. The van der Waals surface area contributed by atoms with Gasteiger partial charge in [0.15, 0.2) is 5.82 Å². The highest BCUT2D eigenvalue weighted by molar-refractivity contribution is 5.55. The van der Waals surface area contributed by atoms with Crippen LogP contribution < -0.4 is 0 Å². The number of aryl methyl sites for hydroxylation is 2. The first kappa shape index (κ1) is 9.52. The molecule has 16 heavy (non-hydrogen) atoms. The van der Waals surface area contributed by atoms with Crippen molar-refractivity contribution in [2.24, 2.45) is 0 Å². The number of nitrogens with zero attached hydrogens (tertiary/aromatic N) is 2. The summed E-state index contributed by atoms with van der Waals surface area (Å²) in [7, 11) is 0. The van der Waals surface area contributed by atoms with Crippen molar-refractivity contribution in [3.8, 4) is 11.4 Å². The number of fused-ring (bicyclic) bond motifs is 1. The van der Waals surface area contributed by atoms with Crippen LogP contribution in [0.1, 0.15) is 23.4 Å². The van der Waals surface area contributed by atoms with Gasteiger partial charge < -0.3 is 0 Å². The van der Waals surface area contributed by atoms with E-state index in [9.17, 15) is 0 Å². The van der Waals surface area contributed by atoms with Crippen LogP contribution in [-0.4, -0.2) is 9.97 Å². The summed E-state index contributed by atoms with van der Waals surface area (Å²) in [4.78, 5) is 9.28. The molecule has 0 radical (unpaired) electrons. The number of aromatic nitrogens is 2. The second kappa shape index (κ2) is 3.71. The van der Waals surface area contributed by atoms with Crippen LogP contribution in [0.5, 0.6) is 0 Å². The Bertz CT molecular complexity index is 518. The molecule has 0 saturated heterocycles. The smallest absolute Gasteiger partial charge is 0.159 e. The lowest BCUT2D eigenvalue weighted by Gasteiger charge is -2.06. The Morgan fingerprint density at radius 2 is 1.81 bits per heavy atom. The second-order valence-corrected chi connectivity index (χ2v) is 4.28. The molecule has 1 aromatic carbocycles. The van der Waals surface area contributed by atoms with Gasteiger partial charge in [-0.1, -0.05) is 30.3 Å². The van der Waals surface area contributed by atoms with Gasteiger partial charge in [0.2, 0.25) is 0 Å². The topological polar surface area (TPSA) is 25.8 Å². The monoisotopic (exact) mass is 210 g/mol. The third-order valence-corrected chi connectivity index (χ3v) is 3.17. The van der Waals surface area contributed by atoms with Crippen molar-refractivity contribution in [2.75, 3.05) is 0 Å². The fourth-order valence-corrected chi connectivity index (χ4v) is 2.34. The molecule has 2 heteroatoms. The molecule has 1 aliphatic rings. The van der Waals surface area contributed by atoms with Gasteiger partial charge in [-0.05, 0) is 31.7 Å². The SMILES string of the molecule is Cc1nc(-c2ccccc2)nc2c1CCC2. The quantitative estimate of drug-likeness (QED) is 0.723. The highest BCUT2D eigenvalue weighted by Crippen LogP contribution is 2.25. The minimum Gasteiger partial charge on any atom is -0.233 e. The zero-order chi connectivity index (χ0) is 11.0.